The molecule has 0 unspecified atom stereocenters. The summed E-state index contributed by atoms with van der Waals surface area (Å²) in [6.45, 7) is 0. The molecule has 1 nitrogen and oxygen atoms in total. The number of ether oxygens (including phenoxy) is 1. The Morgan fingerprint density at radius 1 is 1.06 bits per heavy atom. The van der Waals surface area contributed by atoms with Gasteiger partial charge in [-0.1, -0.05) is 30.3 Å². The first-order chi connectivity index (χ1) is 8.09. The van der Waals surface area contributed by atoms with E-state index in [1.807, 2.05) is 0 Å². The number of hydrogen-bond acceptors (Lipinski definition) is 1. The fraction of sp³-hybridized carbons (Fsp3) is 0.231. The lowest BCUT2D eigenvalue weighted by molar-refractivity contribution is -0.121. The van der Waals surface area contributed by atoms with E-state index in [0.29, 0.717) is 18.4 Å². The zero-order valence-corrected chi connectivity index (χ0v) is 9.00. The Morgan fingerprint density at radius 3 is 2.41 bits per heavy atom. The molecule has 0 amide bonds. The molecule has 90 valence electrons. The molecule has 4 heteroatoms. The first-order valence-electron chi connectivity index (χ1n) is 5.26. The Labute approximate surface area is 97.2 Å². The van der Waals surface area contributed by atoms with Crippen LogP contribution in [0.4, 0.5) is 13.2 Å². The number of alkyl halides is 3. The Bertz CT molecular complexity index is 443. The van der Waals surface area contributed by atoms with Gasteiger partial charge in [0.15, 0.2) is 0 Å². The van der Waals surface area contributed by atoms with E-state index in [-0.39, 0.29) is 5.57 Å². The molecule has 0 radical (unpaired) electrons. The number of benzene rings is 1. The fourth-order valence-corrected chi connectivity index (χ4v) is 1.75. The minimum atomic E-state index is -4.46. The maximum atomic E-state index is 12.8. The average molecular weight is 240 g/mol. The summed E-state index contributed by atoms with van der Waals surface area (Å²) in [6, 6.07) is 8.53. The van der Waals surface area contributed by atoms with Gasteiger partial charge in [-0.25, -0.2) is 0 Å². The van der Waals surface area contributed by atoms with Crippen LogP contribution in [0.5, 0.6) is 0 Å². The molecule has 1 aliphatic heterocycles. The lowest BCUT2D eigenvalue weighted by Crippen LogP contribution is -2.15. The van der Waals surface area contributed by atoms with Crippen LogP contribution >= 0.6 is 0 Å². The largest absolute Gasteiger partial charge is 0.460 e. The Kier molecular flexibility index (Phi) is 3.22. The molecule has 0 aromatic heterocycles. The van der Waals surface area contributed by atoms with Crippen LogP contribution in [0.25, 0.3) is 5.57 Å². The average Bonchev–Trinajstić information content (AvgIpc) is 2.54. The third kappa shape index (κ3) is 2.70. The highest BCUT2D eigenvalue weighted by Crippen LogP contribution is 2.37. The van der Waals surface area contributed by atoms with Crippen LogP contribution in [0.1, 0.15) is 18.4 Å². The van der Waals surface area contributed by atoms with E-state index in [0.717, 1.165) is 6.26 Å². The molecule has 1 heterocycles. The smallest absolute Gasteiger partial charge is 0.449 e. The molecule has 17 heavy (non-hydrogen) atoms. The van der Waals surface area contributed by atoms with Crippen molar-refractivity contribution in [2.45, 2.75) is 19.0 Å². The third-order valence-corrected chi connectivity index (χ3v) is 2.50. The summed E-state index contributed by atoms with van der Waals surface area (Å²) in [7, 11) is 0. The van der Waals surface area contributed by atoms with Crippen LogP contribution in [0, 0.1) is 0 Å². The molecular formula is C13H11F3O. The molecule has 0 fully saturated rings. The van der Waals surface area contributed by atoms with Crippen molar-refractivity contribution in [1.82, 2.24) is 0 Å². The quantitative estimate of drug-likeness (QED) is 0.711. The fourth-order valence-electron chi connectivity index (χ4n) is 1.75. The molecule has 1 aromatic carbocycles. The van der Waals surface area contributed by atoms with E-state index in [1.165, 1.54) is 0 Å². The summed E-state index contributed by atoms with van der Waals surface area (Å²) >= 11 is 0. The van der Waals surface area contributed by atoms with Crippen LogP contribution in [0.3, 0.4) is 0 Å². The summed E-state index contributed by atoms with van der Waals surface area (Å²) in [5.41, 5.74) is 0.770. The topological polar surface area (TPSA) is 9.23 Å². The molecule has 0 aliphatic carbocycles. The van der Waals surface area contributed by atoms with Crippen LogP contribution in [-0.4, -0.2) is 6.18 Å². The first kappa shape index (κ1) is 11.8. The van der Waals surface area contributed by atoms with Gasteiger partial charge in [0, 0.05) is 5.57 Å². The van der Waals surface area contributed by atoms with Gasteiger partial charge in [-0.05, 0) is 24.5 Å². The van der Waals surface area contributed by atoms with Gasteiger partial charge in [0.25, 0.3) is 0 Å². The predicted octanol–water partition coefficient (Wildman–Crippen LogP) is 4.28. The minimum absolute atomic E-state index is 0.211. The summed E-state index contributed by atoms with van der Waals surface area (Å²) in [6.07, 6.45) is -0.876. The Balaban J connectivity index is 2.49. The van der Waals surface area contributed by atoms with Crippen LogP contribution in [0.15, 0.2) is 48.4 Å². The molecular weight excluding hydrogens is 229 g/mol. The maximum absolute atomic E-state index is 12.8. The summed E-state index contributed by atoms with van der Waals surface area (Å²) in [5.74, 6) is -0.905. The molecule has 0 saturated carbocycles. The first-order valence-corrected chi connectivity index (χ1v) is 5.26. The van der Waals surface area contributed by atoms with E-state index in [4.69, 9.17) is 4.74 Å². The third-order valence-electron chi connectivity index (χ3n) is 2.50. The highest BCUT2D eigenvalue weighted by molar-refractivity contribution is 5.68. The Morgan fingerprint density at radius 2 is 1.76 bits per heavy atom. The van der Waals surface area contributed by atoms with Gasteiger partial charge in [-0.15, -0.1) is 0 Å². The molecule has 1 aromatic rings. The van der Waals surface area contributed by atoms with Gasteiger partial charge in [0.05, 0.1) is 6.26 Å². The van der Waals surface area contributed by atoms with Crippen molar-refractivity contribution in [1.29, 1.82) is 0 Å². The highest BCUT2D eigenvalue weighted by atomic mass is 19.4. The zero-order chi connectivity index (χ0) is 12.3. The molecule has 0 saturated heterocycles. The van der Waals surface area contributed by atoms with Gasteiger partial charge >= 0.3 is 6.18 Å². The summed E-state index contributed by atoms with van der Waals surface area (Å²) in [5, 5.41) is 0. The van der Waals surface area contributed by atoms with Gasteiger partial charge in [0.1, 0.15) is 0 Å². The second kappa shape index (κ2) is 4.65. The normalized spacial score (nSPS) is 16.6. The van der Waals surface area contributed by atoms with Crippen molar-refractivity contribution in [3.63, 3.8) is 0 Å². The second-order valence-corrected chi connectivity index (χ2v) is 3.70. The molecule has 0 bridgehead atoms. The van der Waals surface area contributed by atoms with Gasteiger partial charge < -0.3 is 4.74 Å². The Hall–Kier alpha value is -1.71. The van der Waals surface area contributed by atoms with Crippen molar-refractivity contribution in [2.75, 3.05) is 0 Å². The number of hydrogen-bond donors (Lipinski definition) is 0. The van der Waals surface area contributed by atoms with Gasteiger partial charge in [-0.2, -0.15) is 13.2 Å². The van der Waals surface area contributed by atoms with Crippen molar-refractivity contribution in [2.24, 2.45) is 0 Å². The van der Waals surface area contributed by atoms with E-state index in [1.54, 1.807) is 36.4 Å². The zero-order valence-electron chi connectivity index (χ0n) is 9.00. The van der Waals surface area contributed by atoms with Crippen molar-refractivity contribution < 1.29 is 17.9 Å². The number of allylic oxidation sites excluding steroid dienone is 3. The van der Waals surface area contributed by atoms with Crippen molar-refractivity contribution in [3.05, 3.63) is 54.0 Å². The minimum Gasteiger partial charge on any atom is -0.460 e. The summed E-state index contributed by atoms with van der Waals surface area (Å²) < 4.78 is 43.2. The maximum Gasteiger partial charge on any atom is 0.449 e. The SMILES string of the molecule is FC(F)(F)C1=C(c2ccccc2)CCC=CO1. The lowest BCUT2D eigenvalue weighted by atomic mass is 10.00. The van der Waals surface area contributed by atoms with E-state index in [9.17, 15) is 13.2 Å². The van der Waals surface area contributed by atoms with Crippen LogP contribution in [0.2, 0.25) is 0 Å². The molecule has 1 aliphatic rings. The molecule has 0 N–H and O–H groups in total. The molecule has 2 rings (SSSR count). The molecule has 0 spiro atoms. The predicted molar refractivity (Wildman–Crippen MR) is 58.9 cm³/mol. The van der Waals surface area contributed by atoms with E-state index in [2.05, 4.69) is 0 Å². The van der Waals surface area contributed by atoms with Crippen LogP contribution < -0.4 is 0 Å². The van der Waals surface area contributed by atoms with Crippen molar-refractivity contribution in [3.8, 4) is 0 Å². The van der Waals surface area contributed by atoms with Crippen LogP contribution in [-0.2, 0) is 4.74 Å². The van der Waals surface area contributed by atoms with E-state index >= 15 is 0 Å². The lowest BCUT2D eigenvalue weighted by Gasteiger charge is -2.15. The molecule has 0 atom stereocenters. The van der Waals surface area contributed by atoms with Crippen molar-refractivity contribution >= 4 is 5.57 Å². The van der Waals surface area contributed by atoms with Gasteiger partial charge in [-0.3, -0.25) is 0 Å². The standard InChI is InChI=1S/C13H11F3O/c14-13(15,16)12-11(8-4-5-9-17-12)10-6-2-1-3-7-10/h1-3,5-7,9H,4,8H2. The second-order valence-electron chi connectivity index (χ2n) is 3.70. The monoisotopic (exact) mass is 240 g/mol. The highest BCUT2D eigenvalue weighted by Gasteiger charge is 2.39. The number of rotatable bonds is 1. The number of halogens is 3. The van der Waals surface area contributed by atoms with Gasteiger partial charge in [0.2, 0.25) is 5.76 Å². The van der Waals surface area contributed by atoms with E-state index < -0.39 is 11.9 Å². The summed E-state index contributed by atoms with van der Waals surface area (Å²) in [4.78, 5) is 0.